The summed E-state index contributed by atoms with van der Waals surface area (Å²) in [5.41, 5.74) is 0.328. The summed E-state index contributed by atoms with van der Waals surface area (Å²) >= 11 is 0. The summed E-state index contributed by atoms with van der Waals surface area (Å²) in [7, 11) is -3.17. The second-order valence-corrected chi connectivity index (χ2v) is 6.99. The molecule has 1 aromatic heterocycles. The molecule has 0 aliphatic carbocycles. The van der Waals surface area contributed by atoms with Crippen LogP contribution >= 0.6 is 0 Å². The quantitative estimate of drug-likeness (QED) is 0.778. The predicted octanol–water partition coefficient (Wildman–Crippen LogP) is 1.23. The monoisotopic (exact) mass is 286 g/mol. The number of carbonyl (C=O) groups is 1. The molecule has 1 aromatic rings. The van der Waals surface area contributed by atoms with Gasteiger partial charge in [0.1, 0.15) is 12.0 Å². The fourth-order valence-electron chi connectivity index (χ4n) is 2.35. The minimum absolute atomic E-state index is 0.0629. The van der Waals surface area contributed by atoms with Crippen LogP contribution in [0.1, 0.15) is 35.6 Å². The Hall–Kier alpha value is -1.21. The van der Waals surface area contributed by atoms with Gasteiger partial charge in [0.2, 0.25) is 10.0 Å². The lowest BCUT2D eigenvalue weighted by molar-refractivity contribution is 0.0937. The molecule has 2 heterocycles. The summed E-state index contributed by atoms with van der Waals surface area (Å²) in [4.78, 5) is 16.0. The van der Waals surface area contributed by atoms with Crippen molar-refractivity contribution in [3.05, 3.63) is 17.8 Å². The van der Waals surface area contributed by atoms with E-state index in [1.165, 1.54) is 16.8 Å². The number of rotatable bonds is 4. The van der Waals surface area contributed by atoms with Crippen molar-refractivity contribution >= 4 is 15.8 Å². The molecule has 0 bridgehead atoms. The van der Waals surface area contributed by atoms with Gasteiger partial charge in [0.25, 0.3) is 0 Å². The first-order valence-electron chi connectivity index (χ1n) is 6.26. The smallest absolute Gasteiger partial charge is 0.211 e. The van der Waals surface area contributed by atoms with Gasteiger partial charge in [-0.05, 0) is 18.8 Å². The Labute approximate surface area is 112 Å². The van der Waals surface area contributed by atoms with E-state index in [4.69, 9.17) is 4.42 Å². The zero-order valence-electron chi connectivity index (χ0n) is 11.1. The Kier molecular flexibility index (Phi) is 4.05. The van der Waals surface area contributed by atoms with E-state index in [1.807, 2.05) is 0 Å². The van der Waals surface area contributed by atoms with Crippen molar-refractivity contribution in [1.82, 2.24) is 9.29 Å². The molecule has 1 unspecified atom stereocenters. The van der Waals surface area contributed by atoms with Gasteiger partial charge in [-0.2, -0.15) is 0 Å². The van der Waals surface area contributed by atoms with Crippen LogP contribution in [0.2, 0.25) is 0 Å². The molecule has 7 heteroatoms. The summed E-state index contributed by atoms with van der Waals surface area (Å²) in [6.45, 7) is 2.65. The van der Waals surface area contributed by atoms with Gasteiger partial charge in [0.05, 0.1) is 6.26 Å². The Balaban J connectivity index is 1.98. The van der Waals surface area contributed by atoms with Gasteiger partial charge >= 0.3 is 0 Å². The van der Waals surface area contributed by atoms with Crippen LogP contribution in [0.3, 0.4) is 0 Å². The first kappa shape index (κ1) is 14.2. The first-order chi connectivity index (χ1) is 8.86. The van der Waals surface area contributed by atoms with Crippen LogP contribution in [0.5, 0.6) is 0 Å². The molecule has 0 amide bonds. The van der Waals surface area contributed by atoms with Crippen molar-refractivity contribution in [3.8, 4) is 0 Å². The normalized spacial score (nSPS) is 21.5. The molecule has 0 saturated carbocycles. The SMILES string of the molecule is Cc1nc(C(=O)CC2CCCN(S(C)(=O)=O)C2)co1. The van der Waals surface area contributed by atoms with Gasteiger partial charge in [-0.3, -0.25) is 4.79 Å². The molecule has 0 radical (unpaired) electrons. The molecule has 106 valence electrons. The lowest BCUT2D eigenvalue weighted by atomic mass is 9.93. The van der Waals surface area contributed by atoms with Crippen molar-refractivity contribution < 1.29 is 17.6 Å². The van der Waals surface area contributed by atoms with Crippen molar-refractivity contribution in [1.29, 1.82) is 0 Å². The lowest BCUT2D eigenvalue weighted by Gasteiger charge is -2.30. The number of ketones is 1. The van der Waals surface area contributed by atoms with Gasteiger partial charge in [0.15, 0.2) is 11.7 Å². The van der Waals surface area contributed by atoms with Crippen LogP contribution in [0.25, 0.3) is 0 Å². The Bertz CT molecular complexity index is 564. The van der Waals surface area contributed by atoms with E-state index in [9.17, 15) is 13.2 Å². The van der Waals surface area contributed by atoms with Crippen molar-refractivity contribution in [3.63, 3.8) is 0 Å². The maximum Gasteiger partial charge on any atom is 0.211 e. The number of Topliss-reactive ketones (excluding diaryl/α,β-unsaturated/α-hetero) is 1. The number of sulfonamides is 1. The molecule has 6 nitrogen and oxygen atoms in total. The number of aryl methyl sites for hydroxylation is 1. The van der Waals surface area contributed by atoms with Gasteiger partial charge < -0.3 is 4.42 Å². The third kappa shape index (κ3) is 3.63. The van der Waals surface area contributed by atoms with Gasteiger partial charge in [0, 0.05) is 26.4 Å². The fraction of sp³-hybridized carbons (Fsp3) is 0.667. The lowest BCUT2D eigenvalue weighted by Crippen LogP contribution is -2.39. The number of carbonyl (C=O) groups excluding carboxylic acids is 1. The summed E-state index contributed by atoms with van der Waals surface area (Å²) in [5.74, 6) is 0.440. The Morgan fingerprint density at radius 2 is 2.32 bits per heavy atom. The zero-order chi connectivity index (χ0) is 14.0. The Morgan fingerprint density at radius 3 is 2.89 bits per heavy atom. The number of hydrogen-bond acceptors (Lipinski definition) is 5. The Morgan fingerprint density at radius 1 is 1.58 bits per heavy atom. The topological polar surface area (TPSA) is 80.5 Å². The number of hydrogen-bond donors (Lipinski definition) is 0. The number of oxazole rings is 1. The highest BCUT2D eigenvalue weighted by molar-refractivity contribution is 7.88. The molecule has 0 N–H and O–H groups in total. The standard InChI is InChI=1S/C12H18N2O4S/c1-9-13-11(8-18-9)12(15)6-10-4-3-5-14(7-10)19(2,16)17/h8,10H,3-7H2,1-2H3. The third-order valence-corrected chi connectivity index (χ3v) is 4.60. The van der Waals surface area contributed by atoms with Crippen LogP contribution in [-0.4, -0.2) is 42.8 Å². The molecular formula is C12H18N2O4S. The van der Waals surface area contributed by atoms with Crippen LogP contribution in [0, 0.1) is 12.8 Å². The minimum Gasteiger partial charge on any atom is -0.449 e. The van der Waals surface area contributed by atoms with Crippen LogP contribution in [0.4, 0.5) is 0 Å². The number of nitrogens with zero attached hydrogens (tertiary/aromatic N) is 2. The summed E-state index contributed by atoms with van der Waals surface area (Å²) in [5, 5.41) is 0. The van der Waals surface area contributed by atoms with Crippen LogP contribution < -0.4 is 0 Å². The number of aromatic nitrogens is 1. The minimum atomic E-state index is -3.17. The van der Waals surface area contributed by atoms with E-state index < -0.39 is 10.0 Å². The first-order valence-corrected chi connectivity index (χ1v) is 8.11. The van der Waals surface area contributed by atoms with Gasteiger partial charge in [-0.15, -0.1) is 0 Å². The van der Waals surface area contributed by atoms with Gasteiger partial charge in [-0.25, -0.2) is 17.7 Å². The maximum atomic E-state index is 12.0. The fourth-order valence-corrected chi connectivity index (χ4v) is 3.30. The van der Waals surface area contributed by atoms with E-state index in [1.54, 1.807) is 6.92 Å². The number of piperidine rings is 1. The molecule has 0 spiro atoms. The second-order valence-electron chi connectivity index (χ2n) is 5.01. The summed E-state index contributed by atoms with van der Waals surface area (Å²) in [6, 6.07) is 0. The van der Waals surface area contributed by atoms with Crippen LogP contribution in [-0.2, 0) is 10.0 Å². The highest BCUT2D eigenvalue weighted by atomic mass is 32.2. The molecule has 1 aliphatic heterocycles. The van der Waals surface area contributed by atoms with Crippen LogP contribution in [0.15, 0.2) is 10.7 Å². The van der Waals surface area contributed by atoms with Crippen molar-refractivity contribution in [2.75, 3.05) is 19.3 Å². The molecule has 1 atom stereocenters. The van der Waals surface area contributed by atoms with E-state index in [-0.39, 0.29) is 11.7 Å². The third-order valence-electron chi connectivity index (χ3n) is 3.33. The molecule has 0 aromatic carbocycles. The molecular weight excluding hydrogens is 268 g/mol. The van der Waals surface area contributed by atoms with Crippen molar-refractivity contribution in [2.45, 2.75) is 26.2 Å². The average Bonchev–Trinajstić information content (AvgIpc) is 2.75. The summed E-state index contributed by atoms with van der Waals surface area (Å²) in [6.07, 6.45) is 4.54. The molecule has 1 aliphatic rings. The second kappa shape index (κ2) is 5.42. The van der Waals surface area contributed by atoms with E-state index in [0.29, 0.717) is 31.1 Å². The van der Waals surface area contributed by atoms with E-state index >= 15 is 0 Å². The maximum absolute atomic E-state index is 12.0. The van der Waals surface area contributed by atoms with Gasteiger partial charge in [-0.1, -0.05) is 0 Å². The predicted molar refractivity (Wildman–Crippen MR) is 69.3 cm³/mol. The zero-order valence-corrected chi connectivity index (χ0v) is 11.9. The average molecular weight is 286 g/mol. The van der Waals surface area contributed by atoms with Crippen molar-refractivity contribution in [2.24, 2.45) is 5.92 Å². The highest BCUT2D eigenvalue weighted by Gasteiger charge is 2.28. The largest absolute Gasteiger partial charge is 0.449 e. The molecule has 1 saturated heterocycles. The molecule has 2 rings (SSSR count). The summed E-state index contributed by atoms with van der Waals surface area (Å²) < 4.78 is 29.5. The van der Waals surface area contributed by atoms with E-state index in [0.717, 1.165) is 12.8 Å². The molecule has 19 heavy (non-hydrogen) atoms. The highest BCUT2D eigenvalue weighted by Crippen LogP contribution is 2.23. The molecule has 1 fully saturated rings. The van der Waals surface area contributed by atoms with E-state index in [2.05, 4.69) is 4.98 Å².